The molecule has 3 aliphatic heterocycles. The van der Waals surface area contributed by atoms with E-state index < -0.39 is 0 Å². The number of nitrogens with one attached hydrogen (secondary N) is 1. The Balaban J connectivity index is 1.10. The van der Waals surface area contributed by atoms with Gasteiger partial charge in [-0.05, 0) is 86.7 Å². The van der Waals surface area contributed by atoms with E-state index in [0.717, 1.165) is 36.2 Å². The summed E-state index contributed by atoms with van der Waals surface area (Å²) in [5.41, 5.74) is 6.21. The molecule has 0 spiro atoms. The van der Waals surface area contributed by atoms with Crippen molar-refractivity contribution in [3.63, 3.8) is 0 Å². The molecule has 0 saturated carbocycles. The van der Waals surface area contributed by atoms with E-state index in [1.807, 2.05) is 6.07 Å². The molecule has 0 radical (unpaired) electrons. The fourth-order valence-electron chi connectivity index (χ4n) is 7.35. The highest BCUT2D eigenvalue weighted by molar-refractivity contribution is 5.93. The third kappa shape index (κ3) is 6.08. The molecule has 3 saturated heterocycles. The minimum Gasteiger partial charge on any atom is -0.493 e. The zero-order valence-corrected chi connectivity index (χ0v) is 25.6. The predicted molar refractivity (Wildman–Crippen MR) is 170 cm³/mol. The molecule has 1 N–H and O–H groups in total. The van der Waals surface area contributed by atoms with Crippen LogP contribution in [0.25, 0.3) is 22.2 Å². The first-order valence-corrected chi connectivity index (χ1v) is 15.9. The van der Waals surface area contributed by atoms with E-state index in [2.05, 4.69) is 68.8 Å². The van der Waals surface area contributed by atoms with Crippen molar-refractivity contribution in [3.05, 3.63) is 42.0 Å². The Labute approximate surface area is 246 Å². The SMILES string of the molecule is COc1ccc(-c2[nH]c3ccc(N4CCC(N5CCN(CCN6CCCC6)CC5)CC4)cc3c2C(C)C)cc1OC. The number of nitrogens with zero attached hydrogens (tertiary/aromatic N) is 4. The summed E-state index contributed by atoms with van der Waals surface area (Å²) < 4.78 is 11.1. The third-order valence-electron chi connectivity index (χ3n) is 9.76. The van der Waals surface area contributed by atoms with Crippen molar-refractivity contribution in [2.45, 2.75) is 51.5 Å². The van der Waals surface area contributed by atoms with Crippen LogP contribution in [0.1, 0.15) is 51.0 Å². The minimum absolute atomic E-state index is 0.391. The average Bonchev–Trinajstić information content (AvgIpc) is 3.68. The van der Waals surface area contributed by atoms with Crippen molar-refractivity contribution in [2.75, 3.05) is 84.6 Å². The molecule has 0 aliphatic carbocycles. The van der Waals surface area contributed by atoms with Crippen molar-refractivity contribution in [3.8, 4) is 22.8 Å². The van der Waals surface area contributed by atoms with Crippen LogP contribution in [0.15, 0.2) is 36.4 Å². The number of hydrogen-bond acceptors (Lipinski definition) is 6. The summed E-state index contributed by atoms with van der Waals surface area (Å²) in [7, 11) is 3.38. The molecule has 6 rings (SSSR count). The van der Waals surface area contributed by atoms with Gasteiger partial charge in [0.15, 0.2) is 11.5 Å². The zero-order chi connectivity index (χ0) is 28.3. The molecule has 3 aliphatic rings. The Morgan fingerprint density at radius 2 is 1.46 bits per heavy atom. The van der Waals surface area contributed by atoms with Gasteiger partial charge in [0.25, 0.3) is 0 Å². The molecule has 7 heteroatoms. The molecular formula is C34H49N5O2. The van der Waals surface area contributed by atoms with Gasteiger partial charge in [-0.25, -0.2) is 0 Å². The molecule has 3 aromatic rings. The van der Waals surface area contributed by atoms with E-state index in [1.165, 1.54) is 106 Å². The van der Waals surface area contributed by atoms with Gasteiger partial charge >= 0.3 is 0 Å². The van der Waals surface area contributed by atoms with Crippen LogP contribution in [0.2, 0.25) is 0 Å². The highest BCUT2D eigenvalue weighted by Gasteiger charge is 2.28. The van der Waals surface area contributed by atoms with Gasteiger partial charge in [0, 0.05) is 80.6 Å². The first-order chi connectivity index (χ1) is 20.0. The summed E-state index contributed by atoms with van der Waals surface area (Å²) in [5.74, 6) is 1.90. The van der Waals surface area contributed by atoms with Crippen LogP contribution in [0.3, 0.4) is 0 Å². The zero-order valence-electron chi connectivity index (χ0n) is 25.6. The third-order valence-corrected chi connectivity index (χ3v) is 9.76. The van der Waals surface area contributed by atoms with Crippen molar-refractivity contribution in [2.24, 2.45) is 0 Å². The topological polar surface area (TPSA) is 47.2 Å². The number of fused-ring (bicyclic) bond motifs is 1. The Kier molecular flexibility index (Phi) is 8.75. The van der Waals surface area contributed by atoms with Crippen LogP contribution in [0.5, 0.6) is 11.5 Å². The highest BCUT2D eigenvalue weighted by Crippen LogP contribution is 2.40. The molecule has 41 heavy (non-hydrogen) atoms. The average molecular weight is 560 g/mol. The number of ether oxygens (including phenoxy) is 2. The lowest BCUT2D eigenvalue weighted by molar-refractivity contribution is 0.0799. The lowest BCUT2D eigenvalue weighted by Gasteiger charge is -2.43. The van der Waals surface area contributed by atoms with Crippen LogP contribution in [-0.2, 0) is 0 Å². The predicted octanol–water partition coefficient (Wildman–Crippen LogP) is 5.66. The van der Waals surface area contributed by atoms with Crippen LogP contribution in [-0.4, -0.2) is 105 Å². The summed E-state index contributed by atoms with van der Waals surface area (Å²) >= 11 is 0. The number of hydrogen-bond donors (Lipinski definition) is 1. The molecule has 0 amide bonds. The first-order valence-electron chi connectivity index (χ1n) is 15.9. The summed E-state index contributed by atoms with van der Waals surface area (Å²) in [6, 6.07) is 13.9. The molecule has 2 aromatic carbocycles. The second kappa shape index (κ2) is 12.6. The monoisotopic (exact) mass is 559 g/mol. The summed E-state index contributed by atoms with van der Waals surface area (Å²) in [5, 5.41) is 1.33. The number of aromatic nitrogens is 1. The number of likely N-dealkylation sites (tertiary alicyclic amines) is 1. The Morgan fingerprint density at radius 3 is 2.12 bits per heavy atom. The maximum absolute atomic E-state index is 5.61. The highest BCUT2D eigenvalue weighted by atomic mass is 16.5. The maximum atomic E-state index is 5.61. The van der Waals surface area contributed by atoms with Crippen molar-refractivity contribution in [1.29, 1.82) is 0 Å². The second-order valence-electron chi connectivity index (χ2n) is 12.5. The smallest absolute Gasteiger partial charge is 0.161 e. The van der Waals surface area contributed by atoms with Crippen LogP contribution >= 0.6 is 0 Å². The quantitative estimate of drug-likeness (QED) is 0.365. The number of piperidine rings is 1. The number of piperazine rings is 1. The van der Waals surface area contributed by atoms with Crippen molar-refractivity contribution >= 4 is 16.6 Å². The standard InChI is InChI=1S/C34H49N5O2/c1-25(2)33-29-24-28(8-9-30(29)35-34(33)26-7-10-31(40-3)32(23-26)41-4)38-15-11-27(12-16-38)39-21-19-37(20-22-39)18-17-36-13-5-6-14-36/h7-10,23-25,27,35H,5-6,11-22H2,1-4H3. The Bertz CT molecular complexity index is 1300. The summed E-state index contributed by atoms with van der Waals surface area (Å²) in [6.07, 6.45) is 5.30. The molecule has 222 valence electrons. The fourth-order valence-corrected chi connectivity index (χ4v) is 7.35. The van der Waals surface area contributed by atoms with E-state index in [0.29, 0.717) is 5.92 Å². The molecule has 0 unspecified atom stereocenters. The molecule has 0 atom stereocenters. The van der Waals surface area contributed by atoms with Gasteiger partial charge in [0.2, 0.25) is 0 Å². The summed E-state index contributed by atoms with van der Waals surface area (Å²) in [6.45, 7) is 16.9. The number of H-pyrrole nitrogens is 1. The van der Waals surface area contributed by atoms with Gasteiger partial charge in [0.1, 0.15) is 0 Å². The number of rotatable bonds is 9. The van der Waals surface area contributed by atoms with Gasteiger partial charge in [-0.3, -0.25) is 9.80 Å². The van der Waals surface area contributed by atoms with Gasteiger partial charge in [-0.1, -0.05) is 13.8 Å². The van der Waals surface area contributed by atoms with Gasteiger partial charge in [-0.15, -0.1) is 0 Å². The van der Waals surface area contributed by atoms with Crippen LogP contribution < -0.4 is 14.4 Å². The molecule has 1 aromatic heterocycles. The van der Waals surface area contributed by atoms with Gasteiger partial charge < -0.3 is 24.3 Å². The molecular weight excluding hydrogens is 510 g/mol. The fraction of sp³-hybridized carbons (Fsp3) is 0.588. The summed E-state index contributed by atoms with van der Waals surface area (Å²) in [4.78, 5) is 14.5. The molecule has 0 bridgehead atoms. The maximum Gasteiger partial charge on any atom is 0.161 e. The van der Waals surface area contributed by atoms with Gasteiger partial charge in [0.05, 0.1) is 19.9 Å². The minimum atomic E-state index is 0.391. The van der Waals surface area contributed by atoms with Crippen LogP contribution in [0, 0.1) is 0 Å². The largest absolute Gasteiger partial charge is 0.493 e. The van der Waals surface area contributed by atoms with E-state index >= 15 is 0 Å². The van der Waals surface area contributed by atoms with E-state index in [9.17, 15) is 0 Å². The lowest BCUT2D eigenvalue weighted by atomic mass is 9.95. The number of aromatic amines is 1. The number of benzene rings is 2. The van der Waals surface area contributed by atoms with E-state index in [1.54, 1.807) is 14.2 Å². The first kappa shape index (κ1) is 28.4. The Hall–Kier alpha value is -2.74. The second-order valence-corrected chi connectivity index (χ2v) is 12.5. The lowest BCUT2D eigenvalue weighted by Crippen LogP contribution is -2.54. The molecule has 4 heterocycles. The van der Waals surface area contributed by atoms with Crippen LogP contribution in [0.4, 0.5) is 5.69 Å². The normalized spacial score (nSPS) is 20.0. The molecule has 7 nitrogen and oxygen atoms in total. The van der Waals surface area contributed by atoms with Gasteiger partial charge in [-0.2, -0.15) is 0 Å². The van der Waals surface area contributed by atoms with E-state index in [-0.39, 0.29) is 0 Å². The number of anilines is 1. The Morgan fingerprint density at radius 1 is 0.780 bits per heavy atom. The van der Waals surface area contributed by atoms with Crippen molar-refractivity contribution < 1.29 is 9.47 Å². The number of methoxy groups -OCH3 is 2. The van der Waals surface area contributed by atoms with Crippen molar-refractivity contribution in [1.82, 2.24) is 19.7 Å². The van der Waals surface area contributed by atoms with E-state index in [4.69, 9.17) is 9.47 Å². The molecule has 3 fully saturated rings.